The van der Waals surface area contributed by atoms with E-state index in [0.29, 0.717) is 23.6 Å². The van der Waals surface area contributed by atoms with Gasteiger partial charge in [0.2, 0.25) is 0 Å². The number of hydrogen-bond donors (Lipinski definition) is 0. The zero-order valence-electron chi connectivity index (χ0n) is 20.3. The first kappa shape index (κ1) is 24.7. The molecule has 35 heavy (non-hydrogen) atoms. The number of fused-ring (bicyclic) bond motifs is 1. The highest BCUT2D eigenvalue weighted by Crippen LogP contribution is 2.47. The van der Waals surface area contributed by atoms with E-state index in [2.05, 4.69) is 10.1 Å². The largest absolute Gasteiger partial charge is 0.497 e. The minimum atomic E-state index is -3.25. The van der Waals surface area contributed by atoms with Gasteiger partial charge < -0.3 is 23.4 Å². The zero-order valence-corrected chi connectivity index (χ0v) is 21.2. The second kappa shape index (κ2) is 10.4. The SMILES string of the molecule is COc1cc(OC)cc(N(CCP(=O)(OC)OC)c2ccc3ncc(-c4cnn(C)c4)nc3c2)c1. The number of methoxy groups -OCH3 is 2. The van der Waals surface area contributed by atoms with Crippen molar-refractivity contribution in [2.45, 2.75) is 0 Å². The van der Waals surface area contributed by atoms with Crippen molar-refractivity contribution in [1.29, 1.82) is 0 Å². The van der Waals surface area contributed by atoms with Gasteiger partial charge in [0.1, 0.15) is 11.5 Å². The average Bonchev–Trinajstić information content (AvgIpc) is 3.34. The number of nitrogens with zero attached hydrogens (tertiary/aromatic N) is 5. The maximum Gasteiger partial charge on any atom is 0.331 e. The van der Waals surface area contributed by atoms with Gasteiger partial charge in [-0.15, -0.1) is 0 Å². The quantitative estimate of drug-likeness (QED) is 0.289. The number of aryl methyl sites for hydroxylation is 1. The fourth-order valence-corrected chi connectivity index (χ4v) is 4.65. The summed E-state index contributed by atoms with van der Waals surface area (Å²) in [6.45, 7) is 0.344. The lowest BCUT2D eigenvalue weighted by molar-refractivity contribution is 0.276. The molecule has 4 rings (SSSR count). The zero-order chi connectivity index (χ0) is 25.0. The van der Waals surface area contributed by atoms with E-state index in [9.17, 15) is 4.57 Å². The van der Waals surface area contributed by atoms with Crippen LogP contribution in [-0.2, 0) is 20.7 Å². The summed E-state index contributed by atoms with van der Waals surface area (Å²) in [4.78, 5) is 11.4. The summed E-state index contributed by atoms with van der Waals surface area (Å²) in [5, 5.41) is 4.22. The molecule has 0 amide bonds. The Morgan fingerprint density at radius 1 is 0.914 bits per heavy atom. The van der Waals surface area contributed by atoms with Crippen LogP contribution in [0.1, 0.15) is 0 Å². The van der Waals surface area contributed by atoms with Crippen molar-refractivity contribution in [2.75, 3.05) is 46.0 Å². The summed E-state index contributed by atoms with van der Waals surface area (Å²) in [5.74, 6) is 1.26. The smallest absolute Gasteiger partial charge is 0.331 e. The molecule has 0 radical (unpaired) electrons. The molecular weight excluding hydrogens is 469 g/mol. The molecule has 10 nitrogen and oxygen atoms in total. The minimum absolute atomic E-state index is 0.166. The highest BCUT2D eigenvalue weighted by atomic mass is 31.2. The molecule has 0 bridgehead atoms. The third kappa shape index (κ3) is 5.45. The Labute approximate surface area is 204 Å². The molecule has 0 spiro atoms. The van der Waals surface area contributed by atoms with Gasteiger partial charge in [0.15, 0.2) is 0 Å². The van der Waals surface area contributed by atoms with Crippen LogP contribution in [-0.4, -0.2) is 60.9 Å². The fraction of sp³-hybridized carbons (Fsp3) is 0.292. The van der Waals surface area contributed by atoms with Crippen LogP contribution in [0.3, 0.4) is 0 Å². The second-order valence-corrected chi connectivity index (χ2v) is 10.2. The van der Waals surface area contributed by atoms with Crippen molar-refractivity contribution in [3.8, 4) is 22.8 Å². The number of ether oxygens (including phenoxy) is 2. The topological polar surface area (TPSA) is 101 Å². The predicted molar refractivity (Wildman–Crippen MR) is 135 cm³/mol. The van der Waals surface area contributed by atoms with Crippen LogP contribution in [0.15, 0.2) is 55.0 Å². The van der Waals surface area contributed by atoms with Gasteiger partial charge in [-0.2, -0.15) is 5.10 Å². The van der Waals surface area contributed by atoms with E-state index < -0.39 is 7.60 Å². The van der Waals surface area contributed by atoms with Crippen molar-refractivity contribution < 1.29 is 23.1 Å². The molecule has 0 fully saturated rings. The van der Waals surface area contributed by atoms with E-state index >= 15 is 0 Å². The van der Waals surface area contributed by atoms with Gasteiger partial charge in [-0.05, 0) is 18.2 Å². The van der Waals surface area contributed by atoms with E-state index in [1.165, 1.54) is 14.2 Å². The van der Waals surface area contributed by atoms with Gasteiger partial charge in [-0.25, -0.2) is 4.98 Å². The summed E-state index contributed by atoms with van der Waals surface area (Å²) >= 11 is 0. The minimum Gasteiger partial charge on any atom is -0.497 e. The maximum absolute atomic E-state index is 12.8. The van der Waals surface area contributed by atoms with E-state index in [1.807, 2.05) is 48.5 Å². The van der Waals surface area contributed by atoms with E-state index in [1.54, 1.807) is 37.4 Å². The Balaban J connectivity index is 1.79. The van der Waals surface area contributed by atoms with Crippen LogP contribution < -0.4 is 14.4 Å². The van der Waals surface area contributed by atoms with Crippen LogP contribution in [0.25, 0.3) is 22.3 Å². The van der Waals surface area contributed by atoms with Gasteiger partial charge in [0.25, 0.3) is 0 Å². The molecule has 4 aromatic rings. The number of hydrogen-bond acceptors (Lipinski definition) is 9. The number of benzene rings is 2. The van der Waals surface area contributed by atoms with Gasteiger partial charge in [-0.1, -0.05) is 0 Å². The maximum atomic E-state index is 12.8. The lowest BCUT2D eigenvalue weighted by atomic mass is 10.2. The van der Waals surface area contributed by atoms with Gasteiger partial charge in [0.05, 0.1) is 49.5 Å². The molecule has 2 aromatic heterocycles. The molecule has 0 unspecified atom stereocenters. The summed E-state index contributed by atoms with van der Waals surface area (Å²) < 4.78 is 35.8. The van der Waals surface area contributed by atoms with Gasteiger partial charge in [-0.3, -0.25) is 14.2 Å². The third-order valence-electron chi connectivity index (χ3n) is 5.64. The summed E-state index contributed by atoms with van der Waals surface area (Å²) in [5.41, 5.74) is 4.68. The summed E-state index contributed by atoms with van der Waals surface area (Å²) in [6.07, 6.45) is 5.54. The highest BCUT2D eigenvalue weighted by molar-refractivity contribution is 7.53. The highest BCUT2D eigenvalue weighted by Gasteiger charge is 2.24. The Kier molecular flexibility index (Phi) is 7.35. The van der Waals surface area contributed by atoms with Crippen molar-refractivity contribution >= 4 is 30.0 Å². The molecule has 0 saturated carbocycles. The first-order valence-electron chi connectivity index (χ1n) is 10.8. The van der Waals surface area contributed by atoms with Crippen LogP contribution >= 0.6 is 7.60 Å². The van der Waals surface area contributed by atoms with Crippen molar-refractivity contribution in [1.82, 2.24) is 19.7 Å². The standard InChI is InChI=1S/C24H28N5O5P/c1-28-16-17(14-26-28)24-15-25-22-7-6-18(12-23(22)27-24)29(8-9-35(30,33-4)34-5)19-10-20(31-2)13-21(11-19)32-3/h6-7,10-16H,8-9H2,1-5H3. The van der Waals surface area contributed by atoms with E-state index in [-0.39, 0.29) is 6.16 Å². The molecular formula is C24H28N5O5P. The Hall–Kier alpha value is -3.46. The number of rotatable bonds is 10. The summed E-state index contributed by atoms with van der Waals surface area (Å²) in [7, 11) is 4.57. The summed E-state index contributed by atoms with van der Waals surface area (Å²) in [6, 6.07) is 11.4. The van der Waals surface area contributed by atoms with Crippen LogP contribution in [0.2, 0.25) is 0 Å². The van der Waals surface area contributed by atoms with Gasteiger partial charge in [0, 0.05) is 69.1 Å². The normalized spacial score (nSPS) is 11.6. The number of anilines is 2. The molecule has 0 aliphatic rings. The number of aromatic nitrogens is 4. The molecule has 0 N–H and O–H groups in total. The third-order valence-corrected chi connectivity index (χ3v) is 7.50. The van der Waals surface area contributed by atoms with E-state index in [0.717, 1.165) is 28.1 Å². The lowest BCUT2D eigenvalue weighted by Crippen LogP contribution is -2.22. The van der Waals surface area contributed by atoms with E-state index in [4.69, 9.17) is 23.5 Å². The average molecular weight is 497 g/mol. The molecule has 0 atom stereocenters. The molecule has 11 heteroatoms. The molecule has 0 aliphatic carbocycles. The van der Waals surface area contributed by atoms with Crippen LogP contribution in [0.5, 0.6) is 11.5 Å². The van der Waals surface area contributed by atoms with Crippen LogP contribution in [0.4, 0.5) is 11.4 Å². The molecule has 0 saturated heterocycles. The molecule has 184 valence electrons. The second-order valence-electron chi connectivity index (χ2n) is 7.75. The Bertz CT molecular complexity index is 1350. The van der Waals surface area contributed by atoms with Crippen molar-refractivity contribution in [2.24, 2.45) is 7.05 Å². The van der Waals surface area contributed by atoms with Crippen LogP contribution in [0, 0.1) is 0 Å². The predicted octanol–water partition coefficient (Wildman–Crippen LogP) is 4.67. The molecule has 2 aromatic carbocycles. The first-order valence-corrected chi connectivity index (χ1v) is 12.6. The first-order chi connectivity index (χ1) is 16.9. The fourth-order valence-electron chi connectivity index (χ4n) is 3.70. The molecule has 0 aliphatic heterocycles. The lowest BCUT2D eigenvalue weighted by Gasteiger charge is -2.27. The Morgan fingerprint density at radius 2 is 1.63 bits per heavy atom. The Morgan fingerprint density at radius 3 is 2.23 bits per heavy atom. The van der Waals surface area contributed by atoms with Crippen molar-refractivity contribution in [3.05, 3.63) is 55.0 Å². The van der Waals surface area contributed by atoms with Gasteiger partial charge >= 0.3 is 7.60 Å². The van der Waals surface area contributed by atoms with Crippen molar-refractivity contribution in [3.63, 3.8) is 0 Å². The molecule has 2 heterocycles. The monoisotopic (exact) mass is 497 g/mol.